The summed E-state index contributed by atoms with van der Waals surface area (Å²) in [6.07, 6.45) is 0. The van der Waals surface area contributed by atoms with Crippen molar-refractivity contribution in [3.05, 3.63) is 5.75 Å². The normalized spacial score (nSPS) is 20.7. The summed E-state index contributed by atoms with van der Waals surface area (Å²) in [5, 5.41) is -0.338. The van der Waals surface area contributed by atoms with E-state index < -0.39 is 0 Å². The average Bonchev–Trinajstić information content (AvgIpc) is 1.61. The maximum atomic E-state index is 9.81. The Balaban J connectivity index is 2.61. The zero-order valence-corrected chi connectivity index (χ0v) is 3.62. The molecule has 1 radical (unpaired) electrons. The molecule has 1 aliphatic rings. The van der Waals surface area contributed by atoms with Gasteiger partial charge in [0.15, 0.2) is 0 Å². The van der Waals surface area contributed by atoms with Gasteiger partial charge >= 0.3 is 0 Å². The van der Waals surface area contributed by atoms with Crippen molar-refractivity contribution in [3.63, 3.8) is 0 Å². The maximum Gasteiger partial charge on any atom is 0.257 e. The van der Waals surface area contributed by atoms with Crippen LogP contribution in [0.5, 0.6) is 0 Å². The van der Waals surface area contributed by atoms with E-state index in [4.69, 9.17) is 0 Å². The molecule has 3 heteroatoms. The summed E-state index contributed by atoms with van der Waals surface area (Å²) in [5.41, 5.74) is 0. The lowest BCUT2D eigenvalue weighted by Gasteiger charge is -2.02. The SMILES string of the molecule is O=C1[CH]SC1=O. The van der Waals surface area contributed by atoms with Gasteiger partial charge in [0, 0.05) is 0 Å². The molecule has 0 aliphatic carbocycles. The summed E-state index contributed by atoms with van der Waals surface area (Å²) in [5.74, 6) is 0.933. The zero-order valence-electron chi connectivity index (χ0n) is 2.80. The van der Waals surface area contributed by atoms with Gasteiger partial charge in [0.1, 0.15) is 0 Å². The van der Waals surface area contributed by atoms with Gasteiger partial charge in [-0.15, -0.1) is 0 Å². The number of rotatable bonds is 0. The molecule has 1 aliphatic heterocycles. The highest BCUT2D eigenvalue weighted by Crippen LogP contribution is 2.19. The molecule has 0 aromatic rings. The first-order valence-corrected chi connectivity index (χ1v) is 2.27. The van der Waals surface area contributed by atoms with Gasteiger partial charge < -0.3 is 0 Å². The fraction of sp³-hybridized carbons (Fsp3) is 0. The fourth-order valence-corrected chi connectivity index (χ4v) is 0.465. The molecule has 1 heterocycles. The minimum absolute atomic E-state index is 0.338. The molecule has 0 N–H and O–H groups in total. The Kier molecular flexibility index (Phi) is 0.696. The highest BCUT2D eigenvalue weighted by molar-refractivity contribution is 8.21. The van der Waals surface area contributed by atoms with Crippen LogP contribution >= 0.6 is 11.8 Å². The standard InChI is InChI=1S/C3HO2S/c4-2-1-6-3(2)5/h1H. The predicted octanol–water partition coefficient (Wildman–Crippen LogP) is -0.00931. The van der Waals surface area contributed by atoms with Crippen LogP contribution in [-0.2, 0) is 9.59 Å². The summed E-state index contributed by atoms with van der Waals surface area (Å²) in [6.45, 7) is 0. The van der Waals surface area contributed by atoms with Crippen molar-refractivity contribution in [1.29, 1.82) is 0 Å². The first-order chi connectivity index (χ1) is 2.80. The van der Waals surface area contributed by atoms with Crippen LogP contribution in [0.3, 0.4) is 0 Å². The van der Waals surface area contributed by atoms with E-state index in [1.165, 1.54) is 5.75 Å². The molecule has 0 aromatic carbocycles. The number of Topliss-reactive ketones (excluding diaryl/α,β-unsaturated/α-hetero) is 1. The van der Waals surface area contributed by atoms with E-state index in [-0.39, 0.29) is 10.9 Å². The van der Waals surface area contributed by atoms with Crippen LogP contribution in [0.2, 0.25) is 0 Å². The summed E-state index contributed by atoms with van der Waals surface area (Å²) in [4.78, 5) is 19.6. The Morgan fingerprint density at radius 2 is 2.00 bits per heavy atom. The maximum absolute atomic E-state index is 9.81. The molecule has 0 aromatic heterocycles. The average molecular weight is 101 g/mol. The third kappa shape index (κ3) is 0.354. The minimum Gasteiger partial charge on any atom is -0.289 e. The van der Waals surface area contributed by atoms with E-state index in [1.807, 2.05) is 0 Å². The van der Waals surface area contributed by atoms with E-state index in [2.05, 4.69) is 0 Å². The largest absolute Gasteiger partial charge is 0.289 e. The number of carbonyl (C=O) groups excluding carboxylic acids is 2. The van der Waals surface area contributed by atoms with Gasteiger partial charge in [-0.3, -0.25) is 9.59 Å². The Morgan fingerprint density at radius 3 is 2.00 bits per heavy atom. The van der Waals surface area contributed by atoms with Crippen molar-refractivity contribution in [1.82, 2.24) is 0 Å². The van der Waals surface area contributed by atoms with Crippen LogP contribution in [0.4, 0.5) is 0 Å². The van der Waals surface area contributed by atoms with E-state index >= 15 is 0 Å². The van der Waals surface area contributed by atoms with Crippen molar-refractivity contribution in [2.45, 2.75) is 0 Å². The van der Waals surface area contributed by atoms with Crippen LogP contribution in [0.25, 0.3) is 0 Å². The summed E-state index contributed by atoms with van der Waals surface area (Å²) >= 11 is 0.955. The Morgan fingerprint density at radius 1 is 1.50 bits per heavy atom. The fourth-order valence-electron chi connectivity index (χ4n) is 0.155. The van der Waals surface area contributed by atoms with E-state index in [0.717, 1.165) is 11.8 Å². The topological polar surface area (TPSA) is 34.1 Å². The van der Waals surface area contributed by atoms with Gasteiger partial charge in [-0.2, -0.15) is 0 Å². The van der Waals surface area contributed by atoms with Crippen molar-refractivity contribution in [3.8, 4) is 0 Å². The number of carbonyl (C=O) groups is 2. The van der Waals surface area contributed by atoms with Crippen LogP contribution < -0.4 is 0 Å². The molecule has 2 nitrogen and oxygen atoms in total. The number of hydrogen-bond donors (Lipinski definition) is 0. The quantitative estimate of drug-likeness (QED) is 0.402. The third-order valence-electron chi connectivity index (χ3n) is 0.474. The van der Waals surface area contributed by atoms with Gasteiger partial charge in [-0.1, -0.05) is 11.8 Å². The lowest BCUT2D eigenvalue weighted by atomic mass is 10.5. The monoisotopic (exact) mass is 101 g/mol. The molecule has 6 heavy (non-hydrogen) atoms. The second kappa shape index (κ2) is 1.08. The molecule has 1 rings (SSSR count). The van der Waals surface area contributed by atoms with Gasteiger partial charge in [-0.05, 0) is 0 Å². The van der Waals surface area contributed by atoms with E-state index in [0.29, 0.717) is 0 Å². The van der Waals surface area contributed by atoms with E-state index in [1.54, 1.807) is 0 Å². The molecule has 0 amide bonds. The first-order valence-electron chi connectivity index (χ1n) is 1.39. The van der Waals surface area contributed by atoms with Crippen LogP contribution in [-0.4, -0.2) is 10.9 Å². The molecule has 31 valence electrons. The second-order valence-corrected chi connectivity index (χ2v) is 1.73. The Labute approximate surface area is 38.9 Å². The van der Waals surface area contributed by atoms with Crippen molar-refractivity contribution in [2.24, 2.45) is 0 Å². The molecule has 1 fully saturated rings. The number of hydrogen-bond acceptors (Lipinski definition) is 3. The lowest BCUT2D eigenvalue weighted by molar-refractivity contribution is -0.130. The molecule has 1 saturated heterocycles. The highest BCUT2D eigenvalue weighted by Gasteiger charge is 2.25. The molecular weight excluding hydrogens is 100 g/mol. The van der Waals surface area contributed by atoms with Gasteiger partial charge in [0.25, 0.3) is 5.12 Å². The van der Waals surface area contributed by atoms with Crippen LogP contribution in [0.1, 0.15) is 0 Å². The van der Waals surface area contributed by atoms with Crippen LogP contribution in [0.15, 0.2) is 0 Å². The van der Waals surface area contributed by atoms with Crippen molar-refractivity contribution in [2.75, 3.05) is 0 Å². The number of thioether (sulfide) groups is 1. The van der Waals surface area contributed by atoms with Gasteiger partial charge in [0.05, 0.1) is 5.75 Å². The molecule has 0 spiro atoms. The summed E-state index contributed by atoms with van der Waals surface area (Å²) < 4.78 is 0. The molecule has 0 bridgehead atoms. The van der Waals surface area contributed by atoms with Crippen LogP contribution in [0, 0.1) is 5.75 Å². The lowest BCUT2D eigenvalue weighted by Crippen LogP contribution is -2.18. The zero-order chi connectivity index (χ0) is 4.57. The Bertz CT molecular complexity index is 93.4. The molecular formula is C3HO2S. The van der Waals surface area contributed by atoms with Gasteiger partial charge in [0.2, 0.25) is 5.78 Å². The smallest absolute Gasteiger partial charge is 0.257 e. The summed E-state index contributed by atoms with van der Waals surface area (Å²) in [6, 6.07) is 0. The van der Waals surface area contributed by atoms with E-state index in [9.17, 15) is 9.59 Å². The summed E-state index contributed by atoms with van der Waals surface area (Å²) in [7, 11) is 0. The first kappa shape index (κ1) is 3.87. The highest BCUT2D eigenvalue weighted by atomic mass is 32.2. The molecule has 0 atom stereocenters. The van der Waals surface area contributed by atoms with Crippen molar-refractivity contribution >= 4 is 22.7 Å². The molecule has 0 saturated carbocycles. The minimum atomic E-state index is -0.361. The van der Waals surface area contributed by atoms with Crippen molar-refractivity contribution < 1.29 is 9.59 Å². The third-order valence-corrected chi connectivity index (χ3v) is 1.22. The Hall–Kier alpha value is -0.310. The second-order valence-electron chi connectivity index (χ2n) is 0.887. The van der Waals surface area contributed by atoms with Gasteiger partial charge in [-0.25, -0.2) is 0 Å². The molecule has 0 unspecified atom stereocenters. The predicted molar refractivity (Wildman–Crippen MR) is 21.9 cm³/mol. The number of ketones is 1.